The molecule has 0 aromatic heterocycles. The van der Waals surface area contributed by atoms with Gasteiger partial charge in [0.2, 0.25) is 0 Å². The highest BCUT2D eigenvalue weighted by Crippen LogP contribution is 2.41. The fourth-order valence-corrected chi connectivity index (χ4v) is 5.63. The third-order valence-electron chi connectivity index (χ3n) is 4.20. The Hall–Kier alpha value is -0.448. The first-order valence-electron chi connectivity index (χ1n) is 8.66. The maximum Gasteiger partial charge on any atom is 0.552 e. The van der Waals surface area contributed by atoms with Gasteiger partial charge in [-0.15, -0.1) is 0 Å². The lowest BCUT2D eigenvalue weighted by Gasteiger charge is -2.33. The smallest absolute Gasteiger partial charge is 0.552 e. The molecule has 0 spiro atoms. The normalized spacial score (nSPS) is 12.9. The lowest BCUT2D eigenvalue weighted by atomic mass is 9.80. The van der Waals surface area contributed by atoms with E-state index in [9.17, 15) is 0 Å². The van der Waals surface area contributed by atoms with Crippen molar-refractivity contribution in [2.24, 2.45) is 0 Å². The minimum atomic E-state index is -1.31. The van der Waals surface area contributed by atoms with Crippen LogP contribution >= 0.6 is 0 Å². The third kappa shape index (κ3) is 4.77. The van der Waals surface area contributed by atoms with Crippen LogP contribution in [0, 0.1) is 0 Å². The number of benzene rings is 1. The van der Waals surface area contributed by atoms with Gasteiger partial charge in [-0.1, -0.05) is 87.4 Å². The van der Waals surface area contributed by atoms with Crippen molar-refractivity contribution >= 4 is 14.5 Å². The van der Waals surface area contributed by atoms with Gasteiger partial charge < -0.3 is 3.79 Å². The Labute approximate surface area is 143 Å². The molecule has 1 aromatic carbocycles. The van der Waals surface area contributed by atoms with E-state index in [0.717, 1.165) is 0 Å². The van der Waals surface area contributed by atoms with Crippen LogP contribution in [0.1, 0.15) is 80.4 Å². The second-order valence-corrected chi connectivity index (χ2v) is 13.1. The van der Waals surface area contributed by atoms with E-state index in [1.807, 2.05) is 0 Å². The molecule has 0 atom stereocenters. The maximum absolute atomic E-state index is 6.79. The molecule has 0 aliphatic rings. The molecule has 1 rings (SSSR count). The highest BCUT2D eigenvalue weighted by atomic mass is 27.2. The van der Waals surface area contributed by atoms with Gasteiger partial charge in [-0.25, -0.2) is 0 Å². The van der Waals surface area contributed by atoms with Crippen LogP contribution in [0.5, 0.6) is 5.75 Å². The van der Waals surface area contributed by atoms with Crippen LogP contribution < -0.4 is 3.79 Å². The molecular formula is C20H35AlO. The van der Waals surface area contributed by atoms with E-state index in [0.29, 0.717) is 9.56 Å². The van der Waals surface area contributed by atoms with Gasteiger partial charge in [0.15, 0.2) is 0 Å². The quantitative estimate of drug-likeness (QED) is 0.578. The molecule has 0 N–H and O–H groups in total. The minimum absolute atomic E-state index is 0.101. The van der Waals surface area contributed by atoms with Crippen molar-refractivity contribution in [1.82, 2.24) is 0 Å². The van der Waals surface area contributed by atoms with E-state index in [2.05, 4.69) is 87.4 Å². The largest absolute Gasteiger partial charge is 0.642 e. The van der Waals surface area contributed by atoms with Gasteiger partial charge in [0, 0.05) is 0 Å². The Morgan fingerprint density at radius 1 is 0.773 bits per heavy atom. The summed E-state index contributed by atoms with van der Waals surface area (Å²) in [6.45, 7) is 22.9. The summed E-state index contributed by atoms with van der Waals surface area (Å²) in [5, 5.41) is 0. The summed E-state index contributed by atoms with van der Waals surface area (Å²) in [5.74, 6) is 1.17. The van der Waals surface area contributed by atoms with Crippen molar-refractivity contribution in [1.29, 1.82) is 0 Å². The SMILES string of the molecule is C[CH](C)[Al]([O]c1c(C(C)(C)C)cccc1C(C)(C)C)[CH](C)C. The molecule has 124 valence electrons. The molecule has 1 aromatic rings. The first-order chi connectivity index (χ1) is 9.85. The van der Waals surface area contributed by atoms with Crippen molar-refractivity contribution in [3.05, 3.63) is 29.3 Å². The second kappa shape index (κ2) is 6.98. The maximum atomic E-state index is 6.79. The average molecular weight is 318 g/mol. The van der Waals surface area contributed by atoms with E-state index in [1.165, 1.54) is 16.9 Å². The first kappa shape index (κ1) is 19.6. The first-order valence-corrected chi connectivity index (χ1v) is 10.5. The Kier molecular flexibility index (Phi) is 6.22. The zero-order valence-electron chi connectivity index (χ0n) is 16.4. The molecule has 0 heterocycles. The molecule has 0 radical (unpaired) electrons. The Morgan fingerprint density at radius 3 is 1.41 bits per heavy atom. The summed E-state index contributed by atoms with van der Waals surface area (Å²) in [4.78, 5) is 0. The van der Waals surface area contributed by atoms with Gasteiger partial charge in [0.25, 0.3) is 0 Å². The van der Waals surface area contributed by atoms with Crippen LogP contribution in [-0.4, -0.2) is 14.5 Å². The van der Waals surface area contributed by atoms with Crippen LogP contribution in [0.15, 0.2) is 18.2 Å². The molecule has 0 amide bonds. The molecular weight excluding hydrogens is 283 g/mol. The molecule has 2 heteroatoms. The second-order valence-electron chi connectivity index (χ2n) is 9.25. The fourth-order valence-electron chi connectivity index (χ4n) is 3.02. The summed E-state index contributed by atoms with van der Waals surface area (Å²) >= 11 is -1.31. The Morgan fingerprint density at radius 2 is 1.14 bits per heavy atom. The van der Waals surface area contributed by atoms with Gasteiger partial charge in [-0.2, -0.15) is 0 Å². The number of rotatable bonds is 4. The number of hydrogen-bond donors (Lipinski definition) is 0. The molecule has 0 fully saturated rings. The van der Waals surface area contributed by atoms with E-state index >= 15 is 0 Å². The van der Waals surface area contributed by atoms with Gasteiger partial charge in [-0.05, 0) is 31.5 Å². The van der Waals surface area contributed by atoms with Crippen LogP contribution in [0.25, 0.3) is 0 Å². The monoisotopic (exact) mass is 318 g/mol. The Balaban J connectivity index is 3.47. The van der Waals surface area contributed by atoms with Crippen molar-refractivity contribution in [3.63, 3.8) is 0 Å². The highest BCUT2D eigenvalue weighted by molar-refractivity contribution is 6.55. The topological polar surface area (TPSA) is 9.23 Å². The van der Waals surface area contributed by atoms with Gasteiger partial charge >= 0.3 is 14.5 Å². The van der Waals surface area contributed by atoms with E-state index in [1.54, 1.807) is 0 Å². The minimum Gasteiger partial charge on any atom is -0.642 e. The van der Waals surface area contributed by atoms with Crippen LogP contribution in [0.3, 0.4) is 0 Å². The molecule has 0 aliphatic heterocycles. The van der Waals surface area contributed by atoms with Gasteiger partial charge in [-0.3, -0.25) is 0 Å². The lowest BCUT2D eigenvalue weighted by molar-refractivity contribution is 0.469. The van der Waals surface area contributed by atoms with Crippen LogP contribution in [-0.2, 0) is 10.8 Å². The van der Waals surface area contributed by atoms with E-state index < -0.39 is 14.5 Å². The predicted octanol–water partition coefficient (Wildman–Crippen LogP) is 6.47. The summed E-state index contributed by atoms with van der Waals surface area (Å²) in [6, 6.07) is 6.68. The number of para-hydroxylation sites is 1. The highest BCUT2D eigenvalue weighted by Gasteiger charge is 2.35. The fraction of sp³-hybridized carbons (Fsp3) is 0.700. The zero-order valence-corrected chi connectivity index (χ0v) is 17.5. The predicted molar refractivity (Wildman–Crippen MR) is 100 cm³/mol. The summed E-state index contributed by atoms with van der Waals surface area (Å²) in [6.07, 6.45) is 0. The Bertz CT molecular complexity index is 449. The van der Waals surface area contributed by atoms with Crippen molar-refractivity contribution in [2.45, 2.75) is 89.6 Å². The molecule has 0 aliphatic carbocycles. The van der Waals surface area contributed by atoms with Crippen molar-refractivity contribution < 1.29 is 3.79 Å². The zero-order chi connectivity index (χ0) is 17.3. The van der Waals surface area contributed by atoms with Gasteiger partial charge in [0.05, 0.1) is 5.75 Å². The van der Waals surface area contributed by atoms with Crippen molar-refractivity contribution in [2.75, 3.05) is 0 Å². The lowest BCUT2D eigenvalue weighted by Crippen LogP contribution is -2.32. The van der Waals surface area contributed by atoms with Crippen LogP contribution in [0.4, 0.5) is 0 Å². The van der Waals surface area contributed by atoms with Gasteiger partial charge in [0.1, 0.15) is 0 Å². The van der Waals surface area contributed by atoms with Crippen molar-refractivity contribution in [3.8, 4) is 5.75 Å². The summed E-state index contributed by atoms with van der Waals surface area (Å²) in [7, 11) is 0. The van der Waals surface area contributed by atoms with Crippen LogP contribution in [0.2, 0.25) is 9.56 Å². The summed E-state index contributed by atoms with van der Waals surface area (Å²) in [5.41, 5.74) is 2.89. The number of hydrogen-bond acceptors (Lipinski definition) is 1. The molecule has 0 saturated carbocycles. The average Bonchev–Trinajstić information content (AvgIpc) is 2.32. The van der Waals surface area contributed by atoms with E-state index in [4.69, 9.17) is 3.79 Å². The third-order valence-corrected chi connectivity index (χ3v) is 7.34. The van der Waals surface area contributed by atoms with E-state index in [-0.39, 0.29) is 10.8 Å². The standard InChI is InChI=1S/C14H22O.2C3H7.Al/c1-13(2,3)10-8-7-9-11(12(10)15)14(4,5)6;2*1-3-2;/h7-9,15H,1-6H3;2*3H,1-2H3;/q;;;+1/p-1. The molecule has 0 bridgehead atoms. The molecule has 1 nitrogen and oxygen atoms in total. The molecule has 0 saturated heterocycles. The molecule has 22 heavy (non-hydrogen) atoms. The molecule has 0 unspecified atom stereocenters. The summed E-state index contributed by atoms with van der Waals surface area (Å²) < 4.78 is 8.07.